The summed E-state index contributed by atoms with van der Waals surface area (Å²) in [5.74, 6) is -0.888. The molecule has 0 fully saturated rings. The molecule has 0 atom stereocenters. The van der Waals surface area contributed by atoms with Crippen LogP contribution in [0.4, 0.5) is 10.1 Å². The third-order valence-corrected chi connectivity index (χ3v) is 4.61. The van der Waals surface area contributed by atoms with Crippen molar-refractivity contribution in [3.63, 3.8) is 0 Å². The summed E-state index contributed by atoms with van der Waals surface area (Å²) in [5.41, 5.74) is 0.939. The Hall–Kier alpha value is -2.41. The predicted octanol–water partition coefficient (Wildman–Crippen LogP) is 2.32. The van der Waals surface area contributed by atoms with Gasteiger partial charge in [0.1, 0.15) is 5.82 Å². The number of anilines is 1. The molecule has 0 saturated heterocycles. The SMILES string of the molecule is O=C(CCc1ccccc1F)NCCS(=O)(=O)Nc1ccccc1. The van der Waals surface area contributed by atoms with Gasteiger partial charge in [0.15, 0.2) is 0 Å². The molecular weight excluding hydrogens is 331 g/mol. The zero-order valence-electron chi connectivity index (χ0n) is 13.0. The summed E-state index contributed by atoms with van der Waals surface area (Å²) in [4.78, 5) is 11.7. The molecule has 0 aliphatic rings. The highest BCUT2D eigenvalue weighted by Gasteiger charge is 2.11. The number of amides is 1. The molecule has 0 saturated carbocycles. The van der Waals surface area contributed by atoms with E-state index in [1.165, 1.54) is 6.07 Å². The molecule has 128 valence electrons. The predicted molar refractivity (Wildman–Crippen MR) is 91.6 cm³/mol. The van der Waals surface area contributed by atoms with Crippen molar-refractivity contribution < 1.29 is 17.6 Å². The second-order valence-electron chi connectivity index (χ2n) is 5.23. The van der Waals surface area contributed by atoms with Crippen molar-refractivity contribution in [2.75, 3.05) is 17.0 Å². The molecule has 0 radical (unpaired) electrons. The number of benzene rings is 2. The van der Waals surface area contributed by atoms with Crippen molar-refractivity contribution >= 4 is 21.6 Å². The van der Waals surface area contributed by atoms with E-state index >= 15 is 0 Å². The molecule has 0 aliphatic heterocycles. The number of carbonyl (C=O) groups excluding carboxylic acids is 1. The highest BCUT2D eigenvalue weighted by atomic mass is 32.2. The summed E-state index contributed by atoms with van der Waals surface area (Å²) in [6.45, 7) is -0.00171. The van der Waals surface area contributed by atoms with Gasteiger partial charge in [-0.3, -0.25) is 9.52 Å². The number of halogens is 1. The molecule has 2 aromatic carbocycles. The van der Waals surface area contributed by atoms with Crippen LogP contribution >= 0.6 is 0 Å². The second-order valence-corrected chi connectivity index (χ2v) is 7.07. The summed E-state index contributed by atoms with van der Waals surface area (Å²) in [6, 6.07) is 14.8. The minimum absolute atomic E-state index is 0.00171. The molecule has 24 heavy (non-hydrogen) atoms. The van der Waals surface area contributed by atoms with Crippen molar-refractivity contribution in [2.45, 2.75) is 12.8 Å². The smallest absolute Gasteiger partial charge is 0.234 e. The first kappa shape index (κ1) is 17.9. The van der Waals surface area contributed by atoms with Crippen molar-refractivity contribution in [2.24, 2.45) is 0 Å². The molecule has 0 bridgehead atoms. The Morgan fingerprint density at radius 3 is 2.38 bits per heavy atom. The van der Waals surface area contributed by atoms with Gasteiger partial charge in [-0.1, -0.05) is 36.4 Å². The number of hydrogen-bond donors (Lipinski definition) is 2. The molecule has 0 heterocycles. The fourth-order valence-corrected chi connectivity index (χ4v) is 3.07. The van der Waals surface area contributed by atoms with Gasteiger partial charge in [-0.05, 0) is 30.2 Å². The lowest BCUT2D eigenvalue weighted by atomic mass is 10.1. The van der Waals surface area contributed by atoms with Crippen molar-refractivity contribution in [3.8, 4) is 0 Å². The Morgan fingerprint density at radius 2 is 1.67 bits per heavy atom. The lowest BCUT2D eigenvalue weighted by Crippen LogP contribution is -2.31. The van der Waals surface area contributed by atoms with E-state index < -0.39 is 10.0 Å². The van der Waals surface area contributed by atoms with Crippen LogP contribution in [0.15, 0.2) is 54.6 Å². The summed E-state index contributed by atoms with van der Waals surface area (Å²) in [5, 5.41) is 2.53. The van der Waals surface area contributed by atoms with E-state index in [-0.39, 0.29) is 36.9 Å². The van der Waals surface area contributed by atoms with Gasteiger partial charge in [-0.25, -0.2) is 12.8 Å². The molecule has 2 N–H and O–H groups in total. The van der Waals surface area contributed by atoms with E-state index in [9.17, 15) is 17.6 Å². The summed E-state index contributed by atoms with van der Waals surface area (Å²) >= 11 is 0. The Labute approximate surface area is 141 Å². The first-order chi connectivity index (χ1) is 11.5. The van der Waals surface area contributed by atoms with E-state index in [0.717, 1.165) is 0 Å². The van der Waals surface area contributed by atoms with Crippen LogP contribution in [0, 0.1) is 5.82 Å². The lowest BCUT2D eigenvalue weighted by Gasteiger charge is -2.09. The van der Waals surface area contributed by atoms with E-state index in [4.69, 9.17) is 0 Å². The zero-order chi connectivity index (χ0) is 17.4. The Morgan fingerprint density at radius 1 is 1.00 bits per heavy atom. The largest absolute Gasteiger partial charge is 0.355 e. The Kier molecular flexibility index (Phi) is 6.31. The number of para-hydroxylation sites is 1. The molecule has 2 aromatic rings. The monoisotopic (exact) mass is 350 g/mol. The van der Waals surface area contributed by atoms with Crippen LogP contribution in [0.2, 0.25) is 0 Å². The van der Waals surface area contributed by atoms with E-state index in [0.29, 0.717) is 11.3 Å². The summed E-state index contributed by atoms with van der Waals surface area (Å²) in [6.07, 6.45) is 0.376. The summed E-state index contributed by atoms with van der Waals surface area (Å²) < 4.78 is 39.7. The maximum atomic E-state index is 13.4. The fourth-order valence-electron chi connectivity index (χ4n) is 2.10. The highest BCUT2D eigenvalue weighted by Crippen LogP contribution is 2.09. The number of carbonyl (C=O) groups is 1. The van der Waals surface area contributed by atoms with Crippen LogP contribution in [0.5, 0.6) is 0 Å². The average molecular weight is 350 g/mol. The van der Waals surface area contributed by atoms with Gasteiger partial charge >= 0.3 is 0 Å². The molecule has 2 rings (SSSR count). The van der Waals surface area contributed by atoms with E-state index in [1.54, 1.807) is 48.5 Å². The van der Waals surface area contributed by atoms with Gasteiger partial charge in [-0.15, -0.1) is 0 Å². The van der Waals surface area contributed by atoms with Crippen LogP contribution in [-0.2, 0) is 21.2 Å². The van der Waals surface area contributed by atoms with E-state index in [2.05, 4.69) is 10.0 Å². The maximum Gasteiger partial charge on any atom is 0.234 e. The number of nitrogens with one attached hydrogen (secondary N) is 2. The highest BCUT2D eigenvalue weighted by molar-refractivity contribution is 7.92. The molecule has 7 heteroatoms. The third-order valence-electron chi connectivity index (χ3n) is 3.32. The molecule has 0 spiro atoms. The standard InChI is InChI=1S/C17H19FN2O3S/c18-16-9-5-4-6-14(16)10-11-17(21)19-12-13-24(22,23)20-15-7-2-1-3-8-15/h1-9,20H,10-13H2,(H,19,21). The van der Waals surface area contributed by atoms with Crippen molar-refractivity contribution in [1.29, 1.82) is 0 Å². The second kappa shape index (κ2) is 8.44. The van der Waals surface area contributed by atoms with Gasteiger partial charge in [0, 0.05) is 18.7 Å². The minimum atomic E-state index is -3.53. The molecule has 0 aliphatic carbocycles. The Balaban J connectivity index is 1.73. The number of hydrogen-bond acceptors (Lipinski definition) is 3. The van der Waals surface area contributed by atoms with E-state index in [1.807, 2.05) is 0 Å². The quantitative estimate of drug-likeness (QED) is 0.767. The molecular formula is C17H19FN2O3S. The first-order valence-corrected chi connectivity index (χ1v) is 9.17. The van der Waals surface area contributed by atoms with Crippen molar-refractivity contribution in [3.05, 3.63) is 66.0 Å². The Bertz CT molecular complexity index is 779. The van der Waals surface area contributed by atoms with Crippen LogP contribution < -0.4 is 10.0 Å². The number of rotatable bonds is 8. The van der Waals surface area contributed by atoms with Gasteiger partial charge in [0.25, 0.3) is 0 Å². The normalized spacial score (nSPS) is 11.0. The van der Waals surface area contributed by atoms with Gasteiger partial charge < -0.3 is 5.32 Å². The molecule has 0 unspecified atom stereocenters. The fraction of sp³-hybridized carbons (Fsp3) is 0.235. The molecule has 1 amide bonds. The van der Waals surface area contributed by atoms with Crippen molar-refractivity contribution in [1.82, 2.24) is 5.32 Å². The molecule has 0 aromatic heterocycles. The first-order valence-electron chi connectivity index (χ1n) is 7.52. The lowest BCUT2D eigenvalue weighted by molar-refractivity contribution is -0.120. The van der Waals surface area contributed by atoms with Crippen LogP contribution in [-0.4, -0.2) is 26.6 Å². The maximum absolute atomic E-state index is 13.4. The average Bonchev–Trinajstić information content (AvgIpc) is 2.54. The van der Waals surface area contributed by atoms with Crippen LogP contribution in [0.25, 0.3) is 0 Å². The zero-order valence-corrected chi connectivity index (χ0v) is 13.9. The number of sulfonamides is 1. The summed E-state index contributed by atoms with van der Waals surface area (Å²) in [7, 11) is -3.53. The van der Waals surface area contributed by atoms with Gasteiger partial charge in [-0.2, -0.15) is 0 Å². The topological polar surface area (TPSA) is 75.3 Å². The van der Waals surface area contributed by atoms with Crippen LogP contribution in [0.1, 0.15) is 12.0 Å². The third kappa shape index (κ3) is 6.00. The minimum Gasteiger partial charge on any atom is -0.355 e. The van der Waals surface area contributed by atoms with Gasteiger partial charge in [0.05, 0.1) is 5.75 Å². The number of aryl methyl sites for hydroxylation is 1. The van der Waals surface area contributed by atoms with Crippen LogP contribution in [0.3, 0.4) is 0 Å². The van der Waals surface area contributed by atoms with Gasteiger partial charge in [0.2, 0.25) is 15.9 Å². The molecule has 5 nitrogen and oxygen atoms in total.